The number of nitrogens with zero attached hydrogens (tertiary/aromatic N) is 1. The third-order valence-corrected chi connectivity index (χ3v) is 7.14. The van der Waals surface area contributed by atoms with Gasteiger partial charge in [-0.2, -0.15) is 0 Å². The van der Waals surface area contributed by atoms with E-state index in [0.29, 0.717) is 45.2 Å². The second kappa shape index (κ2) is 12.9. The molecule has 4 aromatic rings. The van der Waals surface area contributed by atoms with Crippen molar-refractivity contribution in [3.63, 3.8) is 0 Å². The lowest BCUT2D eigenvalue weighted by Gasteiger charge is -2.19. The van der Waals surface area contributed by atoms with Gasteiger partial charge in [-0.1, -0.05) is 26.0 Å². The molecule has 8 nitrogen and oxygen atoms in total. The number of thiophene rings is 1. The van der Waals surface area contributed by atoms with Gasteiger partial charge in [0.2, 0.25) is 5.78 Å². The zero-order valence-corrected chi connectivity index (χ0v) is 23.8. The van der Waals surface area contributed by atoms with E-state index in [1.54, 1.807) is 35.7 Å². The summed E-state index contributed by atoms with van der Waals surface area (Å²) in [4.78, 5) is 31.6. The predicted molar refractivity (Wildman–Crippen MR) is 152 cm³/mol. The van der Waals surface area contributed by atoms with Crippen molar-refractivity contribution in [2.45, 2.75) is 19.9 Å². The number of pyridine rings is 1. The smallest absolute Gasteiger partial charge is 0.252 e. The van der Waals surface area contributed by atoms with Gasteiger partial charge in [0.25, 0.3) is 5.91 Å². The molecule has 1 unspecified atom stereocenters. The summed E-state index contributed by atoms with van der Waals surface area (Å²) in [5.41, 5.74) is 1.44. The van der Waals surface area contributed by atoms with Crippen molar-refractivity contribution in [1.29, 1.82) is 0 Å². The van der Waals surface area contributed by atoms with Gasteiger partial charge in [-0.05, 0) is 42.3 Å². The highest BCUT2D eigenvalue weighted by Crippen LogP contribution is 2.38. The molecule has 0 saturated carbocycles. The molecule has 2 heterocycles. The van der Waals surface area contributed by atoms with Crippen molar-refractivity contribution < 1.29 is 32.9 Å². The Morgan fingerprint density at radius 3 is 2.38 bits per heavy atom. The van der Waals surface area contributed by atoms with Crippen LogP contribution >= 0.6 is 11.3 Å². The van der Waals surface area contributed by atoms with Crippen LogP contribution in [0.15, 0.2) is 53.9 Å². The lowest BCUT2D eigenvalue weighted by Crippen LogP contribution is -2.44. The molecule has 40 heavy (non-hydrogen) atoms. The topological polar surface area (TPSA) is 96.0 Å². The first kappa shape index (κ1) is 29.0. The molecule has 0 aliphatic rings. The zero-order valence-electron chi connectivity index (χ0n) is 22.9. The molecule has 2 aromatic heterocycles. The first-order valence-corrected chi connectivity index (χ1v) is 13.5. The summed E-state index contributed by atoms with van der Waals surface area (Å²) in [5, 5.41) is 5.24. The largest absolute Gasteiger partial charge is 0.494 e. The summed E-state index contributed by atoms with van der Waals surface area (Å²) in [7, 11) is 4.48. The minimum Gasteiger partial charge on any atom is -0.494 e. The van der Waals surface area contributed by atoms with E-state index in [4.69, 9.17) is 18.9 Å². The van der Waals surface area contributed by atoms with Crippen LogP contribution in [-0.4, -0.2) is 57.3 Å². The Morgan fingerprint density at radius 1 is 0.950 bits per heavy atom. The number of aromatic nitrogens is 1. The normalized spacial score (nSPS) is 11.9. The number of hydrogen-bond donors (Lipinski definition) is 1. The van der Waals surface area contributed by atoms with Crippen molar-refractivity contribution in [1.82, 2.24) is 10.3 Å². The summed E-state index contributed by atoms with van der Waals surface area (Å²) in [6, 6.07) is 11.7. The Morgan fingerprint density at radius 2 is 1.68 bits per heavy atom. The maximum absolute atomic E-state index is 14.4. The fraction of sp³-hybridized carbons (Fsp3) is 0.300. The van der Waals surface area contributed by atoms with Gasteiger partial charge in [0.15, 0.2) is 11.5 Å². The van der Waals surface area contributed by atoms with Crippen LogP contribution in [0.3, 0.4) is 0 Å². The van der Waals surface area contributed by atoms with Crippen LogP contribution in [0, 0.1) is 11.7 Å². The van der Waals surface area contributed by atoms with Gasteiger partial charge in [-0.3, -0.25) is 9.59 Å². The molecule has 0 bridgehead atoms. The summed E-state index contributed by atoms with van der Waals surface area (Å²) in [6.07, 6.45) is 0. The average molecular weight is 567 g/mol. The van der Waals surface area contributed by atoms with E-state index in [-0.39, 0.29) is 29.6 Å². The van der Waals surface area contributed by atoms with E-state index in [9.17, 15) is 14.0 Å². The Bertz CT molecular complexity index is 1520. The molecule has 0 spiro atoms. The standard InChI is InChI=1S/C30H31FN2O6S/c1-17(2)14-39-15-23(33-30(35)18-9-11-24(36-3)26(13-18)38-5)28(34)22-10-12-25(37-4)27(32-22)20-16-40-29-19(20)7-6-8-21(29)31/h6-13,16-17,23H,14-15H2,1-5H3,(H,33,35). The predicted octanol–water partition coefficient (Wildman–Crippen LogP) is 5.78. The van der Waals surface area contributed by atoms with E-state index in [0.717, 1.165) is 0 Å². The van der Waals surface area contributed by atoms with Crippen molar-refractivity contribution in [3.8, 4) is 28.5 Å². The van der Waals surface area contributed by atoms with Gasteiger partial charge in [0.05, 0.1) is 32.6 Å². The number of fused-ring (bicyclic) bond motifs is 1. The molecular weight excluding hydrogens is 535 g/mol. The van der Waals surface area contributed by atoms with Crippen molar-refractivity contribution in [2.24, 2.45) is 5.92 Å². The van der Waals surface area contributed by atoms with Crippen LogP contribution in [0.2, 0.25) is 0 Å². The first-order chi connectivity index (χ1) is 19.3. The summed E-state index contributed by atoms with van der Waals surface area (Å²) >= 11 is 1.25. The van der Waals surface area contributed by atoms with Crippen LogP contribution in [0.5, 0.6) is 17.2 Å². The van der Waals surface area contributed by atoms with Crippen LogP contribution in [0.25, 0.3) is 21.3 Å². The molecule has 210 valence electrons. The van der Waals surface area contributed by atoms with Crippen LogP contribution in [0.1, 0.15) is 34.7 Å². The number of ether oxygens (including phenoxy) is 4. The Hall–Kier alpha value is -4.02. The van der Waals surface area contributed by atoms with Gasteiger partial charge in [-0.15, -0.1) is 11.3 Å². The molecule has 1 amide bonds. The maximum Gasteiger partial charge on any atom is 0.252 e. The Kier molecular flexibility index (Phi) is 9.34. The van der Waals surface area contributed by atoms with E-state index in [1.165, 1.54) is 50.9 Å². The zero-order chi connectivity index (χ0) is 28.8. The van der Waals surface area contributed by atoms with Crippen LogP contribution in [0.4, 0.5) is 4.39 Å². The number of amides is 1. The molecule has 0 saturated heterocycles. The van der Waals surface area contributed by atoms with Gasteiger partial charge in [0, 0.05) is 28.5 Å². The monoisotopic (exact) mass is 566 g/mol. The number of benzene rings is 2. The second-order valence-electron chi connectivity index (χ2n) is 9.40. The van der Waals surface area contributed by atoms with Gasteiger partial charge in [0.1, 0.15) is 29.0 Å². The van der Waals surface area contributed by atoms with Gasteiger partial charge in [-0.25, -0.2) is 9.37 Å². The second-order valence-corrected chi connectivity index (χ2v) is 10.3. The molecule has 0 aliphatic heterocycles. The fourth-order valence-electron chi connectivity index (χ4n) is 4.15. The summed E-state index contributed by atoms with van der Waals surface area (Å²) < 4.78 is 36.7. The Labute approximate surface area is 236 Å². The lowest BCUT2D eigenvalue weighted by atomic mass is 10.1. The molecule has 0 radical (unpaired) electrons. The van der Waals surface area contributed by atoms with E-state index < -0.39 is 17.7 Å². The van der Waals surface area contributed by atoms with E-state index in [1.807, 2.05) is 13.8 Å². The molecule has 0 fully saturated rings. The van der Waals surface area contributed by atoms with Gasteiger partial charge >= 0.3 is 0 Å². The number of rotatable bonds is 12. The van der Waals surface area contributed by atoms with Crippen molar-refractivity contribution in [2.75, 3.05) is 34.5 Å². The minimum absolute atomic E-state index is 0.0499. The summed E-state index contributed by atoms with van der Waals surface area (Å²) in [6.45, 7) is 4.34. The number of hydrogen-bond acceptors (Lipinski definition) is 8. The summed E-state index contributed by atoms with van der Waals surface area (Å²) in [5.74, 6) is 0.267. The molecule has 0 aliphatic carbocycles. The molecule has 1 atom stereocenters. The minimum atomic E-state index is -1.02. The number of carbonyl (C=O) groups excluding carboxylic acids is 2. The first-order valence-electron chi connectivity index (χ1n) is 12.6. The third kappa shape index (κ3) is 6.24. The highest BCUT2D eigenvalue weighted by molar-refractivity contribution is 7.17. The quantitative estimate of drug-likeness (QED) is 0.217. The number of carbonyl (C=O) groups is 2. The van der Waals surface area contributed by atoms with Gasteiger partial charge < -0.3 is 24.3 Å². The highest BCUT2D eigenvalue weighted by atomic mass is 32.1. The highest BCUT2D eigenvalue weighted by Gasteiger charge is 2.26. The van der Waals surface area contributed by atoms with E-state index >= 15 is 0 Å². The SMILES string of the molecule is COc1ccc(C(=O)NC(COCC(C)C)C(=O)c2ccc(OC)c(-c3csc4c(F)cccc34)n2)cc1OC. The van der Waals surface area contributed by atoms with E-state index in [2.05, 4.69) is 10.3 Å². The van der Waals surface area contributed by atoms with Crippen molar-refractivity contribution in [3.05, 3.63) is 71.0 Å². The molecule has 2 aromatic carbocycles. The third-order valence-electron chi connectivity index (χ3n) is 6.14. The number of halogens is 1. The van der Waals surface area contributed by atoms with Crippen LogP contribution < -0.4 is 19.5 Å². The number of nitrogens with one attached hydrogen (secondary N) is 1. The molecule has 4 rings (SSSR count). The number of Topliss-reactive ketones (excluding diaryl/α,β-unsaturated/α-hetero) is 1. The molecule has 10 heteroatoms. The Balaban J connectivity index is 1.67. The average Bonchev–Trinajstić information content (AvgIpc) is 3.40. The van der Waals surface area contributed by atoms with Crippen LogP contribution in [-0.2, 0) is 4.74 Å². The molecular formula is C30H31FN2O6S. The number of methoxy groups -OCH3 is 3. The lowest BCUT2D eigenvalue weighted by molar-refractivity contribution is 0.0647. The maximum atomic E-state index is 14.4. The van der Waals surface area contributed by atoms with Crippen molar-refractivity contribution >= 4 is 33.1 Å². The number of ketones is 1. The molecule has 1 N–H and O–H groups in total. The fourth-order valence-corrected chi connectivity index (χ4v) is 5.11.